The molecule has 1 aromatic carbocycles. The van der Waals surface area contributed by atoms with Crippen molar-refractivity contribution in [2.75, 3.05) is 6.61 Å². The van der Waals surface area contributed by atoms with Crippen LogP contribution in [-0.4, -0.2) is 17.5 Å². The molecule has 0 aliphatic rings. The van der Waals surface area contributed by atoms with E-state index in [9.17, 15) is 9.59 Å². The van der Waals surface area contributed by atoms with Gasteiger partial charge in [-0.15, -0.1) is 0 Å². The fourth-order valence-electron chi connectivity index (χ4n) is 2.16. The van der Waals surface area contributed by atoms with E-state index in [1.807, 2.05) is 44.2 Å². The smallest absolute Gasteiger partial charge is 0.223 e. The Balaban J connectivity index is 1.80. The monoisotopic (exact) mass is 328 g/mol. The number of hydrogen-bond acceptors (Lipinski definition) is 3. The summed E-state index contributed by atoms with van der Waals surface area (Å²) in [5, 5.41) is 2.82. The second-order valence-electron chi connectivity index (χ2n) is 6.15. The molecule has 2 rings (SSSR count). The molecule has 1 heterocycles. The number of carbonyl (C=O) groups excluding carboxylic acids is 1. The molecule has 5 heteroatoms. The number of aromatic nitrogens is 1. The number of benzene rings is 1. The Morgan fingerprint density at radius 3 is 2.67 bits per heavy atom. The number of amides is 1. The number of aryl methyl sites for hydroxylation is 1. The lowest BCUT2D eigenvalue weighted by molar-refractivity contribution is -0.121. The molecule has 0 fully saturated rings. The van der Waals surface area contributed by atoms with Crippen LogP contribution in [0.25, 0.3) is 0 Å². The molecule has 0 spiro atoms. The topological polar surface area (TPSA) is 71.2 Å². The first-order valence-electron chi connectivity index (χ1n) is 8.19. The first-order valence-corrected chi connectivity index (χ1v) is 8.19. The summed E-state index contributed by atoms with van der Waals surface area (Å²) < 4.78 is 5.44. The average molecular weight is 328 g/mol. The molecule has 0 atom stereocenters. The van der Waals surface area contributed by atoms with E-state index in [1.165, 1.54) is 6.07 Å². The van der Waals surface area contributed by atoms with Gasteiger partial charge in [-0.2, -0.15) is 0 Å². The maximum atomic E-state index is 12.0. The Hall–Kier alpha value is -2.56. The number of ether oxygens (including phenoxy) is 1. The molecule has 2 aromatic rings. The molecule has 128 valence electrons. The molecular formula is C19H24N2O3. The zero-order chi connectivity index (χ0) is 17.4. The van der Waals surface area contributed by atoms with Crippen LogP contribution in [0.3, 0.4) is 0 Å². The van der Waals surface area contributed by atoms with E-state index in [1.54, 1.807) is 6.20 Å². The van der Waals surface area contributed by atoms with Crippen molar-refractivity contribution in [3.05, 3.63) is 64.1 Å². The average Bonchev–Trinajstić information content (AvgIpc) is 2.58. The van der Waals surface area contributed by atoms with Crippen molar-refractivity contribution in [3.8, 4) is 5.75 Å². The third-order valence-electron chi connectivity index (χ3n) is 3.47. The minimum absolute atomic E-state index is 0.0418. The van der Waals surface area contributed by atoms with Gasteiger partial charge in [-0.25, -0.2) is 0 Å². The van der Waals surface area contributed by atoms with E-state index >= 15 is 0 Å². The van der Waals surface area contributed by atoms with Gasteiger partial charge in [0.05, 0.1) is 13.2 Å². The van der Waals surface area contributed by atoms with Crippen molar-refractivity contribution in [1.82, 2.24) is 10.3 Å². The van der Waals surface area contributed by atoms with Crippen LogP contribution >= 0.6 is 0 Å². The van der Waals surface area contributed by atoms with Crippen molar-refractivity contribution in [2.24, 2.45) is 5.92 Å². The van der Waals surface area contributed by atoms with E-state index in [4.69, 9.17) is 4.74 Å². The second kappa shape index (κ2) is 8.91. The molecule has 0 bridgehead atoms. The third-order valence-corrected chi connectivity index (χ3v) is 3.47. The van der Waals surface area contributed by atoms with Crippen molar-refractivity contribution in [1.29, 1.82) is 0 Å². The Kier molecular flexibility index (Phi) is 6.61. The number of rotatable bonds is 8. The predicted molar refractivity (Wildman–Crippen MR) is 94.0 cm³/mol. The lowest BCUT2D eigenvalue weighted by Gasteiger charge is -2.09. The fourth-order valence-corrected chi connectivity index (χ4v) is 2.16. The minimum atomic E-state index is -0.178. The first-order chi connectivity index (χ1) is 11.5. The number of carbonyl (C=O) groups is 1. The minimum Gasteiger partial charge on any atom is -0.488 e. The van der Waals surface area contributed by atoms with Crippen LogP contribution < -0.4 is 15.5 Å². The standard InChI is InChI=1S/C19H24N2O3/c1-14(2)13-24-18-12-20-16(10-17(18)22)11-21-19(23)9-8-15-6-4-3-5-7-15/h3-7,10,12,14H,8-9,11,13H2,1-2H3,(H,20,22)(H,21,23). The zero-order valence-corrected chi connectivity index (χ0v) is 14.2. The van der Waals surface area contributed by atoms with E-state index in [0.717, 1.165) is 5.56 Å². The van der Waals surface area contributed by atoms with E-state index < -0.39 is 0 Å². The van der Waals surface area contributed by atoms with Gasteiger partial charge in [0.15, 0.2) is 5.75 Å². The molecule has 0 saturated carbocycles. The molecule has 2 N–H and O–H groups in total. The van der Waals surface area contributed by atoms with Gasteiger partial charge in [0.2, 0.25) is 11.3 Å². The molecule has 0 aliphatic heterocycles. The van der Waals surface area contributed by atoms with Gasteiger partial charge < -0.3 is 15.0 Å². The molecule has 1 amide bonds. The lowest BCUT2D eigenvalue weighted by atomic mass is 10.1. The SMILES string of the molecule is CC(C)COc1c[nH]c(CNC(=O)CCc2ccccc2)cc1=O. The van der Waals surface area contributed by atoms with Crippen LogP contribution in [0.5, 0.6) is 5.75 Å². The highest BCUT2D eigenvalue weighted by Crippen LogP contribution is 2.05. The molecule has 0 saturated heterocycles. The van der Waals surface area contributed by atoms with Crippen LogP contribution in [0.1, 0.15) is 31.5 Å². The van der Waals surface area contributed by atoms with E-state index in [0.29, 0.717) is 43.4 Å². The largest absolute Gasteiger partial charge is 0.488 e. The summed E-state index contributed by atoms with van der Waals surface area (Å²) in [6.07, 6.45) is 2.67. The maximum Gasteiger partial charge on any atom is 0.223 e. The van der Waals surface area contributed by atoms with Gasteiger partial charge in [0.1, 0.15) is 0 Å². The van der Waals surface area contributed by atoms with Crippen molar-refractivity contribution in [2.45, 2.75) is 33.2 Å². The molecule has 0 aliphatic carbocycles. The van der Waals surface area contributed by atoms with Crippen LogP contribution in [0, 0.1) is 5.92 Å². The van der Waals surface area contributed by atoms with Crippen molar-refractivity contribution in [3.63, 3.8) is 0 Å². The molecule has 24 heavy (non-hydrogen) atoms. The lowest BCUT2D eigenvalue weighted by Crippen LogP contribution is -2.24. The number of nitrogens with one attached hydrogen (secondary N) is 2. The molecule has 5 nitrogen and oxygen atoms in total. The van der Waals surface area contributed by atoms with Gasteiger partial charge >= 0.3 is 0 Å². The number of hydrogen-bond donors (Lipinski definition) is 2. The Morgan fingerprint density at radius 1 is 1.25 bits per heavy atom. The summed E-state index contributed by atoms with van der Waals surface area (Å²) in [6, 6.07) is 11.3. The molecule has 0 unspecified atom stereocenters. The van der Waals surface area contributed by atoms with Crippen LogP contribution in [0.4, 0.5) is 0 Å². The van der Waals surface area contributed by atoms with Gasteiger partial charge in [-0.1, -0.05) is 44.2 Å². The summed E-state index contributed by atoms with van der Waals surface area (Å²) in [5.74, 6) is 0.621. The summed E-state index contributed by atoms with van der Waals surface area (Å²) in [4.78, 5) is 26.8. The summed E-state index contributed by atoms with van der Waals surface area (Å²) in [6.45, 7) is 4.84. The molecule has 1 aromatic heterocycles. The first kappa shape index (κ1) is 17.8. The van der Waals surface area contributed by atoms with Gasteiger partial charge in [-0.05, 0) is 17.9 Å². The van der Waals surface area contributed by atoms with Crippen LogP contribution in [0.15, 0.2) is 47.4 Å². The molecular weight excluding hydrogens is 304 g/mol. The summed E-state index contributed by atoms with van der Waals surface area (Å²) in [7, 11) is 0. The highest BCUT2D eigenvalue weighted by Gasteiger charge is 2.06. The fraction of sp³-hybridized carbons (Fsp3) is 0.368. The van der Waals surface area contributed by atoms with E-state index in [2.05, 4.69) is 10.3 Å². The van der Waals surface area contributed by atoms with Crippen molar-refractivity contribution >= 4 is 5.91 Å². The zero-order valence-electron chi connectivity index (χ0n) is 14.2. The third kappa shape index (κ3) is 5.91. The maximum absolute atomic E-state index is 12.0. The number of pyridine rings is 1. The van der Waals surface area contributed by atoms with Gasteiger partial charge in [-0.3, -0.25) is 9.59 Å². The summed E-state index contributed by atoms with van der Waals surface area (Å²) in [5.41, 5.74) is 1.61. The van der Waals surface area contributed by atoms with Crippen LogP contribution in [0.2, 0.25) is 0 Å². The van der Waals surface area contributed by atoms with Gasteiger partial charge in [0, 0.05) is 24.4 Å². The number of aromatic amines is 1. The number of H-pyrrole nitrogens is 1. The summed E-state index contributed by atoms with van der Waals surface area (Å²) >= 11 is 0. The molecule has 0 radical (unpaired) electrons. The highest BCUT2D eigenvalue weighted by molar-refractivity contribution is 5.76. The Bertz CT molecular complexity index is 708. The Morgan fingerprint density at radius 2 is 2.00 bits per heavy atom. The Labute approximate surface area is 142 Å². The van der Waals surface area contributed by atoms with Gasteiger partial charge in [0.25, 0.3) is 0 Å². The predicted octanol–water partition coefficient (Wildman–Crippen LogP) is 2.66. The van der Waals surface area contributed by atoms with E-state index in [-0.39, 0.29) is 11.3 Å². The highest BCUT2D eigenvalue weighted by atomic mass is 16.5. The second-order valence-corrected chi connectivity index (χ2v) is 6.15. The van der Waals surface area contributed by atoms with Crippen LogP contribution in [-0.2, 0) is 17.8 Å². The quantitative estimate of drug-likeness (QED) is 0.782. The van der Waals surface area contributed by atoms with Crippen molar-refractivity contribution < 1.29 is 9.53 Å². The normalized spacial score (nSPS) is 10.6.